The van der Waals surface area contributed by atoms with Crippen molar-refractivity contribution < 1.29 is 9.59 Å². The summed E-state index contributed by atoms with van der Waals surface area (Å²) in [6.45, 7) is 6.13. The lowest BCUT2D eigenvalue weighted by Crippen LogP contribution is -2.24. The van der Waals surface area contributed by atoms with E-state index < -0.39 is 0 Å². The van der Waals surface area contributed by atoms with E-state index in [0.29, 0.717) is 18.3 Å². The summed E-state index contributed by atoms with van der Waals surface area (Å²) in [5.41, 5.74) is 2.42. The smallest absolute Gasteiger partial charge is 0.159 e. The predicted octanol–water partition coefficient (Wildman–Crippen LogP) is 3.64. The number of carbonyl (C=O) groups excluding carboxylic acids is 2. The monoisotopic (exact) mass is 258 g/mol. The maximum absolute atomic E-state index is 11.9. The molecular weight excluding hydrogens is 236 g/mol. The number of ketones is 2. The number of carbonyl (C=O) groups is 2. The van der Waals surface area contributed by atoms with Crippen LogP contribution in [0.25, 0.3) is 0 Å². The van der Waals surface area contributed by atoms with E-state index in [0.717, 1.165) is 18.4 Å². The van der Waals surface area contributed by atoms with Crippen LogP contribution in [0.4, 0.5) is 0 Å². The highest BCUT2D eigenvalue weighted by Gasteiger charge is 2.26. The molecule has 102 valence electrons. The Balaban J connectivity index is 2.12. The fourth-order valence-corrected chi connectivity index (χ4v) is 2.97. The Hall–Kier alpha value is -1.44. The minimum absolute atomic E-state index is 0.0634. The van der Waals surface area contributed by atoms with Crippen LogP contribution in [-0.2, 0) is 9.59 Å². The van der Waals surface area contributed by atoms with Crippen molar-refractivity contribution in [2.75, 3.05) is 0 Å². The first kappa shape index (κ1) is 14.0. The van der Waals surface area contributed by atoms with Crippen molar-refractivity contribution in [3.05, 3.63) is 35.5 Å². The molecule has 0 aromatic heterocycles. The quantitative estimate of drug-likeness (QED) is 0.709. The van der Waals surface area contributed by atoms with Gasteiger partial charge in [-0.1, -0.05) is 30.2 Å². The van der Waals surface area contributed by atoms with Gasteiger partial charge in [-0.05, 0) is 50.7 Å². The third-order valence-electron chi connectivity index (χ3n) is 4.33. The van der Waals surface area contributed by atoms with Crippen LogP contribution >= 0.6 is 0 Å². The Kier molecular flexibility index (Phi) is 4.18. The molecule has 0 aliphatic heterocycles. The molecule has 2 heteroatoms. The Morgan fingerprint density at radius 1 is 1.32 bits per heavy atom. The summed E-state index contributed by atoms with van der Waals surface area (Å²) in [7, 11) is 0. The average Bonchev–Trinajstić information content (AvgIpc) is 2.35. The van der Waals surface area contributed by atoms with Gasteiger partial charge in [0.25, 0.3) is 0 Å². The predicted molar refractivity (Wildman–Crippen MR) is 76.7 cm³/mol. The van der Waals surface area contributed by atoms with Crippen LogP contribution in [0, 0.1) is 17.8 Å². The highest BCUT2D eigenvalue weighted by atomic mass is 16.1. The zero-order chi connectivity index (χ0) is 14.0. The third-order valence-corrected chi connectivity index (χ3v) is 4.33. The number of allylic oxidation sites excluding steroid dienone is 6. The maximum atomic E-state index is 11.9. The van der Waals surface area contributed by atoms with Gasteiger partial charge in [0.05, 0.1) is 0 Å². The van der Waals surface area contributed by atoms with E-state index in [4.69, 9.17) is 0 Å². The zero-order valence-electron chi connectivity index (χ0n) is 12.0. The molecule has 19 heavy (non-hydrogen) atoms. The molecule has 2 rings (SSSR count). The molecule has 0 unspecified atom stereocenters. The summed E-state index contributed by atoms with van der Waals surface area (Å²) in [6.07, 6.45) is 10.2. The van der Waals surface area contributed by atoms with Crippen molar-refractivity contribution in [3.8, 4) is 0 Å². The van der Waals surface area contributed by atoms with Crippen molar-refractivity contribution in [2.24, 2.45) is 17.8 Å². The molecule has 0 N–H and O–H groups in total. The molecule has 2 aliphatic rings. The van der Waals surface area contributed by atoms with Crippen LogP contribution in [0.15, 0.2) is 35.5 Å². The first-order valence-electron chi connectivity index (χ1n) is 7.06. The minimum atomic E-state index is 0.0634. The summed E-state index contributed by atoms with van der Waals surface area (Å²) >= 11 is 0. The molecule has 0 aromatic carbocycles. The lowest BCUT2D eigenvalue weighted by atomic mass is 9.77. The van der Waals surface area contributed by atoms with E-state index in [1.165, 1.54) is 5.57 Å². The Morgan fingerprint density at radius 3 is 2.74 bits per heavy atom. The van der Waals surface area contributed by atoms with Crippen LogP contribution in [-0.4, -0.2) is 11.6 Å². The van der Waals surface area contributed by atoms with Crippen molar-refractivity contribution in [3.63, 3.8) is 0 Å². The minimum Gasteiger partial charge on any atom is -0.295 e. The molecule has 0 heterocycles. The van der Waals surface area contributed by atoms with Gasteiger partial charge in [-0.25, -0.2) is 0 Å². The van der Waals surface area contributed by atoms with Gasteiger partial charge in [-0.3, -0.25) is 9.59 Å². The topological polar surface area (TPSA) is 34.1 Å². The van der Waals surface area contributed by atoms with E-state index in [-0.39, 0.29) is 17.5 Å². The summed E-state index contributed by atoms with van der Waals surface area (Å²) < 4.78 is 0. The van der Waals surface area contributed by atoms with Crippen molar-refractivity contribution in [2.45, 2.75) is 40.0 Å². The summed E-state index contributed by atoms with van der Waals surface area (Å²) in [5, 5.41) is 0. The SMILES string of the molecule is CC1=CC(=O)[C@H](C)[C@@H](/C=C(/C)[C@H]2CC=CC(=O)C2)C1. The lowest BCUT2D eigenvalue weighted by molar-refractivity contribution is -0.119. The second kappa shape index (κ2) is 5.68. The molecule has 2 aliphatic carbocycles. The molecule has 0 amide bonds. The van der Waals surface area contributed by atoms with Gasteiger partial charge in [0.1, 0.15) is 0 Å². The van der Waals surface area contributed by atoms with E-state index in [9.17, 15) is 9.59 Å². The van der Waals surface area contributed by atoms with Gasteiger partial charge >= 0.3 is 0 Å². The fraction of sp³-hybridized carbons (Fsp3) is 0.529. The van der Waals surface area contributed by atoms with Gasteiger partial charge in [0.15, 0.2) is 11.6 Å². The lowest BCUT2D eigenvalue weighted by Gasteiger charge is -2.26. The Morgan fingerprint density at radius 2 is 2.05 bits per heavy atom. The largest absolute Gasteiger partial charge is 0.295 e. The molecule has 0 saturated carbocycles. The van der Waals surface area contributed by atoms with Crippen LogP contribution in [0.3, 0.4) is 0 Å². The van der Waals surface area contributed by atoms with E-state index >= 15 is 0 Å². The summed E-state index contributed by atoms with van der Waals surface area (Å²) in [4.78, 5) is 23.3. The Bertz CT molecular complexity index is 479. The number of hydrogen-bond acceptors (Lipinski definition) is 2. The molecule has 0 spiro atoms. The Labute approximate surface area is 115 Å². The molecule has 0 fully saturated rings. The van der Waals surface area contributed by atoms with Crippen LogP contribution in [0.1, 0.15) is 40.0 Å². The standard InChI is InChI=1S/C17H22O2/c1-11-7-15(13(3)17(19)8-11)9-12(2)14-5-4-6-16(18)10-14/h4,6,8-9,13-15H,5,7,10H2,1-3H3/b12-9-/t13-,14+,15-/m1/s1. The van der Waals surface area contributed by atoms with Crippen molar-refractivity contribution in [1.29, 1.82) is 0 Å². The third kappa shape index (κ3) is 3.31. The normalized spacial score (nSPS) is 32.5. The zero-order valence-corrected chi connectivity index (χ0v) is 12.0. The second-order valence-electron chi connectivity index (χ2n) is 5.97. The summed E-state index contributed by atoms with van der Waals surface area (Å²) in [6, 6.07) is 0. The van der Waals surface area contributed by atoms with Crippen molar-refractivity contribution >= 4 is 11.6 Å². The molecule has 0 saturated heterocycles. The van der Waals surface area contributed by atoms with Gasteiger partial charge in [-0.2, -0.15) is 0 Å². The first-order chi connectivity index (χ1) is 8.97. The van der Waals surface area contributed by atoms with Crippen molar-refractivity contribution in [1.82, 2.24) is 0 Å². The maximum Gasteiger partial charge on any atom is 0.159 e. The van der Waals surface area contributed by atoms with E-state index in [2.05, 4.69) is 13.0 Å². The van der Waals surface area contributed by atoms with E-state index in [1.54, 1.807) is 12.2 Å². The van der Waals surface area contributed by atoms with Gasteiger partial charge in [0, 0.05) is 12.3 Å². The molecule has 0 bridgehead atoms. The average molecular weight is 258 g/mol. The van der Waals surface area contributed by atoms with Gasteiger partial charge in [0.2, 0.25) is 0 Å². The first-order valence-corrected chi connectivity index (χ1v) is 7.06. The molecule has 3 atom stereocenters. The molecule has 2 nitrogen and oxygen atoms in total. The highest BCUT2D eigenvalue weighted by molar-refractivity contribution is 5.93. The van der Waals surface area contributed by atoms with Gasteiger partial charge in [-0.15, -0.1) is 0 Å². The summed E-state index contributed by atoms with van der Waals surface area (Å²) in [5.74, 6) is 1.13. The highest BCUT2D eigenvalue weighted by Crippen LogP contribution is 2.32. The molecule has 0 aromatic rings. The van der Waals surface area contributed by atoms with E-state index in [1.807, 2.05) is 19.9 Å². The number of hydrogen-bond donors (Lipinski definition) is 0. The second-order valence-corrected chi connectivity index (χ2v) is 5.97. The van der Waals surface area contributed by atoms with Crippen LogP contribution in [0.2, 0.25) is 0 Å². The molecule has 0 radical (unpaired) electrons. The fourth-order valence-electron chi connectivity index (χ4n) is 2.97. The molecular formula is C17H22O2. The number of rotatable bonds is 2. The van der Waals surface area contributed by atoms with Crippen LogP contribution in [0.5, 0.6) is 0 Å². The van der Waals surface area contributed by atoms with Gasteiger partial charge < -0.3 is 0 Å². The van der Waals surface area contributed by atoms with Crippen LogP contribution < -0.4 is 0 Å².